The second-order valence-electron chi connectivity index (χ2n) is 8.36. The summed E-state index contributed by atoms with van der Waals surface area (Å²) in [5.41, 5.74) is 5.29. The molecule has 27 heavy (non-hydrogen) atoms. The van der Waals surface area contributed by atoms with Gasteiger partial charge in [0.1, 0.15) is 0 Å². The monoisotopic (exact) mass is 361 g/mol. The lowest BCUT2D eigenvalue weighted by molar-refractivity contribution is -0.118. The molecule has 0 bridgehead atoms. The number of piperidine rings is 1. The van der Waals surface area contributed by atoms with E-state index in [4.69, 9.17) is 0 Å². The molecular formula is C23H27N3O. The van der Waals surface area contributed by atoms with Gasteiger partial charge in [0, 0.05) is 30.4 Å². The number of hydrogen-bond donors (Lipinski definition) is 2. The molecule has 0 radical (unpaired) electrons. The molecule has 5 rings (SSSR count). The van der Waals surface area contributed by atoms with Gasteiger partial charge in [0.25, 0.3) is 0 Å². The van der Waals surface area contributed by atoms with Crippen LogP contribution in [-0.4, -0.2) is 25.5 Å². The molecule has 1 amide bonds. The van der Waals surface area contributed by atoms with Gasteiger partial charge in [0.05, 0.1) is 0 Å². The first-order chi connectivity index (χ1) is 13.2. The Bertz CT molecular complexity index is 839. The predicted octanol–water partition coefficient (Wildman–Crippen LogP) is 3.58. The van der Waals surface area contributed by atoms with Gasteiger partial charge in [-0.15, -0.1) is 0 Å². The highest BCUT2D eigenvalue weighted by atomic mass is 16.2. The number of anilines is 2. The van der Waals surface area contributed by atoms with E-state index in [2.05, 4.69) is 51.9 Å². The minimum atomic E-state index is 0.207. The maximum absolute atomic E-state index is 12.6. The first-order valence-electron chi connectivity index (χ1n) is 10.2. The van der Waals surface area contributed by atoms with Crippen molar-refractivity contribution in [3.8, 4) is 0 Å². The summed E-state index contributed by atoms with van der Waals surface area (Å²) in [6.45, 7) is 4.11. The number of nitrogens with one attached hydrogen (secondary N) is 2. The van der Waals surface area contributed by atoms with Crippen molar-refractivity contribution in [1.82, 2.24) is 5.32 Å². The Hall–Kier alpha value is -2.33. The Morgan fingerprint density at radius 3 is 2.70 bits per heavy atom. The van der Waals surface area contributed by atoms with Crippen molar-refractivity contribution in [2.24, 2.45) is 11.3 Å². The summed E-state index contributed by atoms with van der Waals surface area (Å²) < 4.78 is 0. The summed E-state index contributed by atoms with van der Waals surface area (Å²) in [5.74, 6) is 0.415. The summed E-state index contributed by atoms with van der Waals surface area (Å²) in [5, 5.41) is 6.53. The summed E-state index contributed by atoms with van der Waals surface area (Å²) in [7, 11) is 0. The summed E-state index contributed by atoms with van der Waals surface area (Å²) in [4.78, 5) is 15.0. The molecule has 1 saturated carbocycles. The van der Waals surface area contributed by atoms with Crippen LogP contribution in [0.1, 0.15) is 30.4 Å². The van der Waals surface area contributed by atoms with E-state index in [-0.39, 0.29) is 11.8 Å². The topological polar surface area (TPSA) is 44.4 Å². The van der Waals surface area contributed by atoms with E-state index in [0.29, 0.717) is 5.41 Å². The molecular weight excluding hydrogens is 334 g/mol. The Labute approximate surface area is 161 Å². The van der Waals surface area contributed by atoms with Crippen LogP contribution in [0.5, 0.6) is 0 Å². The minimum absolute atomic E-state index is 0.207. The number of fused-ring (bicyclic) bond motifs is 1. The van der Waals surface area contributed by atoms with Crippen LogP contribution in [0.25, 0.3) is 0 Å². The molecule has 1 spiro atoms. The average Bonchev–Trinajstić information content (AvgIpc) is 3.24. The maximum Gasteiger partial charge on any atom is 0.228 e. The number of para-hydroxylation sites is 1. The molecule has 140 valence electrons. The van der Waals surface area contributed by atoms with Crippen molar-refractivity contribution in [2.45, 2.75) is 32.2 Å². The highest BCUT2D eigenvalue weighted by molar-refractivity contribution is 5.95. The van der Waals surface area contributed by atoms with Crippen molar-refractivity contribution < 1.29 is 4.79 Å². The van der Waals surface area contributed by atoms with Gasteiger partial charge in [-0.1, -0.05) is 30.3 Å². The van der Waals surface area contributed by atoms with Gasteiger partial charge in [-0.3, -0.25) is 4.79 Å². The molecule has 2 aromatic carbocycles. The van der Waals surface area contributed by atoms with Crippen molar-refractivity contribution in [2.75, 3.05) is 29.9 Å². The van der Waals surface area contributed by atoms with Gasteiger partial charge in [-0.2, -0.15) is 0 Å². The second kappa shape index (κ2) is 6.68. The largest absolute Gasteiger partial charge is 0.367 e. The van der Waals surface area contributed by atoms with Gasteiger partial charge in [-0.05, 0) is 73.5 Å². The first kappa shape index (κ1) is 16.8. The van der Waals surface area contributed by atoms with E-state index >= 15 is 0 Å². The van der Waals surface area contributed by atoms with Crippen LogP contribution < -0.4 is 15.5 Å². The zero-order valence-corrected chi connectivity index (χ0v) is 15.7. The van der Waals surface area contributed by atoms with Gasteiger partial charge < -0.3 is 15.5 Å². The number of hydrogen-bond acceptors (Lipinski definition) is 3. The fourth-order valence-corrected chi connectivity index (χ4v) is 4.91. The molecule has 4 nitrogen and oxygen atoms in total. The molecule has 4 heteroatoms. The van der Waals surface area contributed by atoms with Gasteiger partial charge in [-0.25, -0.2) is 0 Å². The Morgan fingerprint density at radius 2 is 1.89 bits per heavy atom. The third kappa shape index (κ3) is 3.23. The SMILES string of the molecule is O=C(Nc1ccc(CN2CCc3ccccc32)cc1)C1CC12CCNCC2. The number of amides is 1. The highest BCUT2D eigenvalue weighted by Crippen LogP contribution is 2.58. The van der Waals surface area contributed by atoms with Crippen LogP contribution >= 0.6 is 0 Å². The molecule has 1 saturated heterocycles. The molecule has 2 aliphatic heterocycles. The van der Waals surface area contributed by atoms with Gasteiger partial charge in [0.2, 0.25) is 5.91 Å². The smallest absolute Gasteiger partial charge is 0.228 e. The average molecular weight is 361 g/mol. The van der Waals surface area contributed by atoms with Crippen LogP contribution in [0.2, 0.25) is 0 Å². The van der Waals surface area contributed by atoms with Gasteiger partial charge in [0.15, 0.2) is 0 Å². The third-order valence-corrected chi connectivity index (χ3v) is 6.68. The first-order valence-corrected chi connectivity index (χ1v) is 10.2. The lowest BCUT2D eigenvalue weighted by atomic mass is 9.92. The van der Waals surface area contributed by atoms with Crippen molar-refractivity contribution in [3.05, 3.63) is 59.7 Å². The van der Waals surface area contributed by atoms with E-state index < -0.39 is 0 Å². The maximum atomic E-state index is 12.6. The Kier molecular flexibility index (Phi) is 4.16. The van der Waals surface area contributed by atoms with Crippen LogP contribution in [0.15, 0.2) is 48.5 Å². The zero-order chi connectivity index (χ0) is 18.3. The standard InChI is InChI=1S/C23H27N3O/c27-22(20-15-23(20)10-12-24-13-11-23)25-19-7-5-17(6-8-19)16-26-14-9-18-3-1-2-4-21(18)26/h1-8,20,24H,9-16H2,(H,25,27). The van der Waals surface area contributed by atoms with E-state index in [1.165, 1.54) is 16.8 Å². The summed E-state index contributed by atoms with van der Waals surface area (Å²) in [6, 6.07) is 17.0. The van der Waals surface area contributed by atoms with E-state index in [1.807, 2.05) is 12.1 Å². The zero-order valence-electron chi connectivity index (χ0n) is 15.7. The number of carbonyl (C=O) groups excluding carboxylic acids is 1. The fourth-order valence-electron chi connectivity index (χ4n) is 4.91. The summed E-state index contributed by atoms with van der Waals surface area (Å²) >= 11 is 0. The normalized spacial score (nSPS) is 22.5. The molecule has 1 atom stereocenters. The van der Waals surface area contributed by atoms with Crippen LogP contribution in [0, 0.1) is 11.3 Å². The third-order valence-electron chi connectivity index (χ3n) is 6.68. The number of benzene rings is 2. The van der Waals surface area contributed by atoms with E-state index in [1.54, 1.807) is 0 Å². The van der Waals surface area contributed by atoms with Crippen LogP contribution in [0.3, 0.4) is 0 Å². The molecule has 3 aliphatic rings. The molecule has 2 fully saturated rings. The van der Waals surface area contributed by atoms with Crippen LogP contribution in [-0.2, 0) is 17.8 Å². The molecule has 0 aromatic heterocycles. The lowest BCUT2D eigenvalue weighted by Gasteiger charge is -2.23. The van der Waals surface area contributed by atoms with Crippen molar-refractivity contribution in [3.63, 3.8) is 0 Å². The van der Waals surface area contributed by atoms with E-state index in [9.17, 15) is 4.79 Å². The highest BCUT2D eigenvalue weighted by Gasteiger charge is 2.57. The van der Waals surface area contributed by atoms with E-state index in [0.717, 1.165) is 57.5 Å². The number of nitrogens with zero attached hydrogens (tertiary/aromatic N) is 1. The predicted molar refractivity (Wildman–Crippen MR) is 109 cm³/mol. The summed E-state index contributed by atoms with van der Waals surface area (Å²) in [6.07, 6.45) is 4.47. The van der Waals surface area contributed by atoms with Crippen LogP contribution in [0.4, 0.5) is 11.4 Å². The number of carbonyl (C=O) groups is 1. The molecule has 1 aliphatic carbocycles. The molecule has 2 N–H and O–H groups in total. The van der Waals surface area contributed by atoms with Crippen molar-refractivity contribution in [1.29, 1.82) is 0 Å². The number of rotatable bonds is 4. The molecule has 1 unspecified atom stereocenters. The second-order valence-corrected chi connectivity index (χ2v) is 8.36. The fraction of sp³-hybridized carbons (Fsp3) is 0.435. The Morgan fingerprint density at radius 1 is 1.11 bits per heavy atom. The lowest BCUT2D eigenvalue weighted by Crippen LogP contribution is -2.31. The molecule has 2 aromatic rings. The molecule has 2 heterocycles. The van der Waals surface area contributed by atoms with Gasteiger partial charge >= 0.3 is 0 Å². The quantitative estimate of drug-likeness (QED) is 0.875. The Balaban J connectivity index is 1.19. The minimum Gasteiger partial charge on any atom is -0.367 e. The van der Waals surface area contributed by atoms with Crippen molar-refractivity contribution >= 4 is 17.3 Å².